The van der Waals surface area contributed by atoms with Crippen molar-refractivity contribution in [2.24, 2.45) is 5.92 Å². The van der Waals surface area contributed by atoms with E-state index in [9.17, 15) is 4.79 Å². The first-order valence-corrected chi connectivity index (χ1v) is 9.73. The Kier molecular flexibility index (Phi) is 6.38. The molecule has 3 rings (SSSR count). The molecule has 0 radical (unpaired) electrons. The zero-order valence-electron chi connectivity index (χ0n) is 15.6. The maximum absolute atomic E-state index is 12.7. The number of likely N-dealkylation sites (tertiary alicyclic amines) is 1. The fourth-order valence-corrected chi connectivity index (χ4v) is 4.34. The molecule has 1 saturated carbocycles. The molecule has 1 heterocycles. The van der Waals surface area contributed by atoms with Crippen LogP contribution in [0.3, 0.4) is 0 Å². The van der Waals surface area contributed by atoms with E-state index in [0.29, 0.717) is 42.6 Å². The summed E-state index contributed by atoms with van der Waals surface area (Å²) in [7, 11) is 1.56. The number of methoxy groups -OCH3 is 1. The van der Waals surface area contributed by atoms with E-state index in [1.54, 1.807) is 25.3 Å². The van der Waals surface area contributed by atoms with Crippen molar-refractivity contribution in [3.05, 3.63) is 23.8 Å². The van der Waals surface area contributed by atoms with Crippen LogP contribution in [0.1, 0.15) is 56.9 Å². The Balaban J connectivity index is 1.47. The predicted octanol–water partition coefficient (Wildman–Crippen LogP) is 3.91. The van der Waals surface area contributed by atoms with Gasteiger partial charge < -0.3 is 14.4 Å². The van der Waals surface area contributed by atoms with E-state index in [1.165, 1.54) is 32.1 Å². The number of benzene rings is 1. The van der Waals surface area contributed by atoms with Gasteiger partial charge in [-0.15, -0.1) is 0 Å². The smallest absolute Gasteiger partial charge is 0.222 e. The van der Waals surface area contributed by atoms with Gasteiger partial charge in [-0.1, -0.05) is 12.8 Å². The molecule has 1 aliphatic heterocycles. The van der Waals surface area contributed by atoms with Gasteiger partial charge in [0.25, 0.3) is 0 Å². The van der Waals surface area contributed by atoms with Gasteiger partial charge in [-0.3, -0.25) is 4.79 Å². The fourth-order valence-electron chi connectivity index (χ4n) is 4.34. The Hall–Kier alpha value is -2.22. The molecule has 2 atom stereocenters. The highest BCUT2D eigenvalue weighted by Gasteiger charge is 2.35. The van der Waals surface area contributed by atoms with Crippen LogP contribution < -0.4 is 9.47 Å². The summed E-state index contributed by atoms with van der Waals surface area (Å²) < 4.78 is 11.0. The number of fused-ring (bicyclic) bond motifs is 1. The van der Waals surface area contributed by atoms with E-state index < -0.39 is 0 Å². The first-order valence-electron chi connectivity index (χ1n) is 9.73. The molecule has 140 valence electrons. The summed E-state index contributed by atoms with van der Waals surface area (Å²) in [4.78, 5) is 14.8. The van der Waals surface area contributed by atoms with Gasteiger partial charge >= 0.3 is 0 Å². The molecule has 1 aliphatic carbocycles. The number of nitriles is 1. The van der Waals surface area contributed by atoms with Crippen LogP contribution in [-0.4, -0.2) is 37.1 Å². The fraction of sp³-hybridized carbons (Fsp3) is 0.619. The number of carbonyl (C=O) groups excluding carboxylic acids is 1. The Labute approximate surface area is 155 Å². The van der Waals surface area contributed by atoms with Crippen molar-refractivity contribution < 1.29 is 14.3 Å². The average Bonchev–Trinajstić information content (AvgIpc) is 2.70. The van der Waals surface area contributed by atoms with E-state index in [4.69, 9.17) is 14.7 Å². The van der Waals surface area contributed by atoms with Crippen LogP contribution >= 0.6 is 0 Å². The van der Waals surface area contributed by atoms with Gasteiger partial charge in [-0.05, 0) is 50.2 Å². The Bertz CT molecular complexity index is 666. The van der Waals surface area contributed by atoms with Gasteiger partial charge in [0.1, 0.15) is 0 Å². The first kappa shape index (κ1) is 18.6. The molecule has 1 saturated heterocycles. The Morgan fingerprint density at radius 2 is 2.04 bits per heavy atom. The molecule has 1 aromatic rings. The van der Waals surface area contributed by atoms with Crippen molar-refractivity contribution in [3.8, 4) is 17.6 Å². The predicted molar refractivity (Wildman–Crippen MR) is 99.1 cm³/mol. The highest BCUT2D eigenvalue weighted by molar-refractivity contribution is 5.76. The monoisotopic (exact) mass is 356 g/mol. The summed E-state index contributed by atoms with van der Waals surface area (Å²) >= 11 is 0. The van der Waals surface area contributed by atoms with Crippen LogP contribution in [0.25, 0.3) is 0 Å². The third-order valence-electron chi connectivity index (χ3n) is 5.65. The Morgan fingerprint density at radius 3 is 2.85 bits per heavy atom. The first-order chi connectivity index (χ1) is 12.7. The second-order valence-electron chi connectivity index (χ2n) is 7.27. The molecule has 1 amide bonds. The normalized spacial score (nSPS) is 22.2. The molecule has 5 heteroatoms. The maximum atomic E-state index is 12.7. The van der Waals surface area contributed by atoms with E-state index in [1.807, 2.05) is 0 Å². The van der Waals surface area contributed by atoms with Crippen LogP contribution in [0, 0.1) is 17.2 Å². The molecule has 0 aromatic heterocycles. The highest BCUT2D eigenvalue weighted by Crippen LogP contribution is 2.35. The lowest BCUT2D eigenvalue weighted by Gasteiger charge is -2.44. The van der Waals surface area contributed by atoms with Crippen LogP contribution in [0.5, 0.6) is 11.5 Å². The summed E-state index contributed by atoms with van der Waals surface area (Å²) in [6.07, 6.45) is 8.70. The van der Waals surface area contributed by atoms with Gasteiger partial charge in [0.05, 0.1) is 25.3 Å². The van der Waals surface area contributed by atoms with Crippen molar-refractivity contribution in [2.75, 3.05) is 20.3 Å². The molecule has 2 fully saturated rings. The number of amides is 1. The van der Waals surface area contributed by atoms with Crippen molar-refractivity contribution in [2.45, 2.75) is 57.4 Å². The van der Waals surface area contributed by atoms with Gasteiger partial charge in [0, 0.05) is 25.1 Å². The summed E-state index contributed by atoms with van der Waals surface area (Å²) in [5.74, 6) is 2.17. The molecular formula is C21H28N2O3. The summed E-state index contributed by atoms with van der Waals surface area (Å²) in [5.41, 5.74) is 0.538. The lowest BCUT2D eigenvalue weighted by molar-refractivity contribution is -0.137. The second-order valence-corrected chi connectivity index (χ2v) is 7.27. The van der Waals surface area contributed by atoms with Gasteiger partial charge in [0.2, 0.25) is 5.91 Å². The minimum atomic E-state index is 0.275. The van der Waals surface area contributed by atoms with Crippen molar-refractivity contribution in [1.82, 2.24) is 4.90 Å². The molecule has 2 aliphatic rings. The molecule has 0 N–H and O–H groups in total. The minimum Gasteiger partial charge on any atom is -0.493 e. The molecule has 0 unspecified atom stereocenters. The third kappa shape index (κ3) is 4.30. The maximum Gasteiger partial charge on any atom is 0.222 e. The largest absolute Gasteiger partial charge is 0.493 e. The van der Waals surface area contributed by atoms with Crippen LogP contribution in [-0.2, 0) is 4.79 Å². The quantitative estimate of drug-likeness (QED) is 0.725. The number of carbonyl (C=O) groups is 1. The number of hydrogen-bond acceptors (Lipinski definition) is 4. The molecular weight excluding hydrogens is 328 g/mol. The zero-order valence-corrected chi connectivity index (χ0v) is 15.6. The third-order valence-corrected chi connectivity index (χ3v) is 5.65. The van der Waals surface area contributed by atoms with E-state index in [2.05, 4.69) is 11.0 Å². The van der Waals surface area contributed by atoms with Gasteiger partial charge in [-0.25, -0.2) is 0 Å². The van der Waals surface area contributed by atoms with Gasteiger partial charge in [-0.2, -0.15) is 5.26 Å². The van der Waals surface area contributed by atoms with Crippen LogP contribution in [0.2, 0.25) is 0 Å². The van der Waals surface area contributed by atoms with Crippen LogP contribution in [0.4, 0.5) is 0 Å². The summed E-state index contributed by atoms with van der Waals surface area (Å²) in [5, 5.41) is 8.94. The second kappa shape index (κ2) is 8.93. The lowest BCUT2D eigenvalue weighted by Crippen LogP contribution is -2.49. The number of ether oxygens (including phenoxy) is 2. The van der Waals surface area contributed by atoms with E-state index >= 15 is 0 Å². The topological polar surface area (TPSA) is 62.6 Å². The molecule has 0 spiro atoms. The average molecular weight is 356 g/mol. The van der Waals surface area contributed by atoms with Crippen molar-refractivity contribution in [3.63, 3.8) is 0 Å². The number of rotatable bonds is 6. The number of nitrogens with zero attached hydrogens (tertiary/aromatic N) is 2. The zero-order chi connectivity index (χ0) is 18.4. The number of hydrogen-bond donors (Lipinski definition) is 0. The summed E-state index contributed by atoms with van der Waals surface area (Å²) in [6.45, 7) is 1.39. The van der Waals surface area contributed by atoms with E-state index in [0.717, 1.165) is 18.9 Å². The highest BCUT2D eigenvalue weighted by atomic mass is 16.5. The molecule has 1 aromatic carbocycles. The van der Waals surface area contributed by atoms with E-state index in [-0.39, 0.29) is 5.91 Å². The van der Waals surface area contributed by atoms with Crippen molar-refractivity contribution >= 4 is 5.91 Å². The number of piperidine rings is 1. The lowest BCUT2D eigenvalue weighted by atomic mass is 9.78. The van der Waals surface area contributed by atoms with Crippen molar-refractivity contribution in [1.29, 1.82) is 5.26 Å². The standard InChI is InChI=1S/C21H28N2O3/c1-25-20-14-16(15-22)10-11-19(20)26-13-5-9-21(24)23-12-4-7-17-6-2-3-8-18(17)23/h10-11,14,17-18H,2-9,12-13H2,1H3/t17-,18+/m0/s1. The molecule has 5 nitrogen and oxygen atoms in total. The minimum absolute atomic E-state index is 0.275. The Morgan fingerprint density at radius 1 is 1.23 bits per heavy atom. The summed E-state index contributed by atoms with van der Waals surface area (Å²) in [6, 6.07) is 7.68. The molecule has 26 heavy (non-hydrogen) atoms. The molecule has 0 bridgehead atoms. The SMILES string of the molecule is COc1cc(C#N)ccc1OCCCC(=O)N1CCC[C@@H]2CCCC[C@H]21. The van der Waals surface area contributed by atoms with Crippen LogP contribution in [0.15, 0.2) is 18.2 Å². The van der Waals surface area contributed by atoms with Gasteiger partial charge in [0.15, 0.2) is 11.5 Å².